The van der Waals surface area contributed by atoms with Gasteiger partial charge in [-0.3, -0.25) is 10.2 Å². The van der Waals surface area contributed by atoms with E-state index in [9.17, 15) is 4.79 Å². The molecule has 166 valence electrons. The lowest BCUT2D eigenvalue weighted by molar-refractivity contribution is 0.0988. The maximum Gasteiger partial charge on any atom is 0.270 e. The van der Waals surface area contributed by atoms with E-state index in [1.807, 2.05) is 43.3 Å². The number of aromatic nitrogens is 1. The molecule has 7 nitrogen and oxygen atoms in total. The van der Waals surface area contributed by atoms with Crippen molar-refractivity contribution >= 4 is 56.4 Å². The number of amides is 1. The Morgan fingerprint density at radius 3 is 2.66 bits per heavy atom. The van der Waals surface area contributed by atoms with Crippen LogP contribution < -0.4 is 20.7 Å². The highest BCUT2D eigenvalue weighted by Crippen LogP contribution is 2.33. The van der Waals surface area contributed by atoms with Crippen LogP contribution in [0.3, 0.4) is 0 Å². The topological polar surface area (TPSA) is 104 Å². The van der Waals surface area contributed by atoms with Crippen molar-refractivity contribution < 1.29 is 9.53 Å². The second-order valence-corrected chi connectivity index (χ2v) is 8.59. The molecular formula is C22H21Cl2N5O2S. The Kier molecular flexibility index (Phi) is 7.74. The van der Waals surface area contributed by atoms with Crippen LogP contribution in [0.2, 0.25) is 5.02 Å². The van der Waals surface area contributed by atoms with E-state index >= 15 is 0 Å². The van der Waals surface area contributed by atoms with Gasteiger partial charge in [0.15, 0.2) is 5.13 Å². The van der Waals surface area contributed by atoms with Crippen LogP contribution in [0.5, 0.6) is 5.75 Å². The van der Waals surface area contributed by atoms with Gasteiger partial charge in [0.25, 0.3) is 5.91 Å². The second-order valence-electron chi connectivity index (χ2n) is 6.75. The summed E-state index contributed by atoms with van der Waals surface area (Å²) in [6, 6.07) is 13.0. The number of hydrogen-bond donors (Lipinski definition) is 3. The highest BCUT2D eigenvalue weighted by atomic mass is 35.5. The molecule has 0 saturated heterocycles. The Morgan fingerprint density at radius 2 is 2.03 bits per heavy atom. The Balaban J connectivity index is 1.94. The van der Waals surface area contributed by atoms with Crippen LogP contribution in [0.15, 0.2) is 60.6 Å². The number of aryl methyl sites for hydroxylation is 1. The molecule has 0 spiro atoms. The predicted molar refractivity (Wildman–Crippen MR) is 131 cm³/mol. The lowest BCUT2D eigenvalue weighted by Gasteiger charge is -2.25. The van der Waals surface area contributed by atoms with Gasteiger partial charge in [0.1, 0.15) is 21.6 Å². The minimum absolute atomic E-state index is 0.149. The zero-order valence-electron chi connectivity index (χ0n) is 17.4. The third-order valence-electron chi connectivity index (χ3n) is 4.45. The quantitative estimate of drug-likeness (QED) is 0.368. The number of anilines is 2. The number of nitrogens with zero attached hydrogens (tertiary/aromatic N) is 2. The van der Waals surface area contributed by atoms with E-state index in [4.69, 9.17) is 39.1 Å². The average molecular weight is 490 g/mol. The summed E-state index contributed by atoms with van der Waals surface area (Å²) < 4.78 is 5.22. The van der Waals surface area contributed by atoms with Crippen molar-refractivity contribution in [3.63, 3.8) is 0 Å². The van der Waals surface area contributed by atoms with E-state index in [0.29, 0.717) is 27.3 Å². The number of benzene rings is 2. The number of thiazole rings is 1. The standard InChI is InChI=1S/C22H21Cl2N5O2S/c1-13-4-3-5-16(23)20(13)29(12-14-6-8-15(31-2)9-7-14)21(30)17-11-27-22(32-17)28-19(26)10-18(24)25/h3-11,25H,12,26H2,1-2H3,(H,27,28)/b19-10+,25-18?. The van der Waals surface area contributed by atoms with Crippen LogP contribution in [0, 0.1) is 12.3 Å². The van der Waals surface area contributed by atoms with E-state index in [-0.39, 0.29) is 16.9 Å². The molecule has 0 fully saturated rings. The molecule has 0 aliphatic rings. The number of ether oxygens (including phenoxy) is 1. The first-order valence-corrected chi connectivity index (χ1v) is 11.0. The Bertz CT molecular complexity index is 1140. The van der Waals surface area contributed by atoms with Crippen molar-refractivity contribution in [3.8, 4) is 5.75 Å². The molecule has 3 rings (SSSR count). The number of methoxy groups -OCH3 is 1. The van der Waals surface area contributed by atoms with E-state index in [0.717, 1.165) is 28.2 Å². The van der Waals surface area contributed by atoms with Crippen molar-refractivity contribution in [3.05, 3.63) is 81.6 Å². The van der Waals surface area contributed by atoms with E-state index in [1.165, 1.54) is 12.3 Å². The highest BCUT2D eigenvalue weighted by Gasteiger charge is 2.24. The first-order chi connectivity index (χ1) is 15.3. The lowest BCUT2D eigenvalue weighted by atomic mass is 10.1. The fraction of sp³-hybridized carbons (Fsp3) is 0.136. The van der Waals surface area contributed by atoms with Crippen LogP contribution >= 0.6 is 34.5 Å². The molecule has 0 aliphatic carbocycles. The molecule has 32 heavy (non-hydrogen) atoms. The number of hydrogen-bond acceptors (Lipinski definition) is 7. The molecule has 1 aromatic heterocycles. The average Bonchev–Trinajstić information content (AvgIpc) is 3.20. The first-order valence-electron chi connectivity index (χ1n) is 9.42. The lowest BCUT2D eigenvalue weighted by Crippen LogP contribution is -2.30. The number of nitrogens with one attached hydrogen (secondary N) is 2. The number of rotatable bonds is 8. The van der Waals surface area contributed by atoms with Gasteiger partial charge in [0, 0.05) is 6.08 Å². The highest BCUT2D eigenvalue weighted by molar-refractivity contribution is 7.17. The second kappa shape index (κ2) is 10.5. The fourth-order valence-electron chi connectivity index (χ4n) is 2.99. The number of allylic oxidation sites excluding steroid dienone is 1. The molecule has 4 N–H and O–H groups in total. The summed E-state index contributed by atoms with van der Waals surface area (Å²) in [5.74, 6) is 0.625. The minimum atomic E-state index is -0.254. The van der Waals surface area contributed by atoms with Crippen molar-refractivity contribution in [2.75, 3.05) is 17.3 Å². The SMILES string of the molecule is COc1ccc(CN(C(=O)c2cnc(N/C(N)=C/C(=N)Cl)s2)c2c(C)cccc2Cl)cc1. The molecule has 2 aromatic carbocycles. The summed E-state index contributed by atoms with van der Waals surface area (Å²) >= 11 is 13.2. The number of carbonyl (C=O) groups is 1. The zero-order chi connectivity index (χ0) is 23.3. The number of halogens is 2. The van der Waals surface area contributed by atoms with Crippen molar-refractivity contribution in [1.82, 2.24) is 4.98 Å². The maximum absolute atomic E-state index is 13.5. The third kappa shape index (κ3) is 5.79. The van der Waals surface area contributed by atoms with Gasteiger partial charge in [-0.25, -0.2) is 4.98 Å². The fourth-order valence-corrected chi connectivity index (χ4v) is 4.22. The smallest absolute Gasteiger partial charge is 0.270 e. The molecule has 10 heteroatoms. The largest absolute Gasteiger partial charge is 0.497 e. The molecular weight excluding hydrogens is 469 g/mol. The number of para-hydroxylation sites is 1. The van der Waals surface area contributed by atoms with Gasteiger partial charge in [0.2, 0.25) is 0 Å². The maximum atomic E-state index is 13.5. The van der Waals surface area contributed by atoms with E-state index in [2.05, 4.69) is 10.3 Å². The van der Waals surface area contributed by atoms with Gasteiger partial charge in [-0.15, -0.1) is 0 Å². The first kappa shape index (κ1) is 23.6. The summed E-state index contributed by atoms with van der Waals surface area (Å²) in [6.07, 6.45) is 2.72. The molecule has 0 bridgehead atoms. The molecule has 0 aliphatic heterocycles. The molecule has 3 aromatic rings. The Morgan fingerprint density at radius 1 is 1.31 bits per heavy atom. The molecule has 0 atom stereocenters. The number of nitrogens with two attached hydrogens (primary N) is 1. The van der Waals surface area contributed by atoms with Crippen LogP contribution in [0.4, 0.5) is 10.8 Å². The number of carbonyl (C=O) groups excluding carboxylic acids is 1. The molecule has 0 saturated carbocycles. The summed E-state index contributed by atoms with van der Waals surface area (Å²) in [7, 11) is 1.60. The van der Waals surface area contributed by atoms with Gasteiger partial charge in [-0.2, -0.15) is 0 Å². The monoisotopic (exact) mass is 489 g/mol. The predicted octanol–water partition coefficient (Wildman–Crippen LogP) is 5.39. The van der Waals surface area contributed by atoms with Gasteiger partial charge in [-0.05, 0) is 36.2 Å². The zero-order valence-corrected chi connectivity index (χ0v) is 19.7. The molecule has 1 heterocycles. The third-order valence-corrected chi connectivity index (χ3v) is 5.77. The molecule has 0 unspecified atom stereocenters. The van der Waals surface area contributed by atoms with E-state index < -0.39 is 0 Å². The van der Waals surface area contributed by atoms with Crippen molar-refractivity contribution in [2.45, 2.75) is 13.5 Å². The van der Waals surface area contributed by atoms with Gasteiger partial charge >= 0.3 is 0 Å². The Labute approximate surface area is 199 Å². The van der Waals surface area contributed by atoms with Crippen LogP contribution in [-0.4, -0.2) is 23.2 Å². The molecule has 0 radical (unpaired) electrons. The van der Waals surface area contributed by atoms with Crippen LogP contribution in [0.25, 0.3) is 0 Å². The summed E-state index contributed by atoms with van der Waals surface area (Å²) in [6.45, 7) is 2.21. The van der Waals surface area contributed by atoms with Crippen molar-refractivity contribution in [1.29, 1.82) is 5.41 Å². The van der Waals surface area contributed by atoms with Gasteiger partial charge in [0.05, 0.1) is 30.6 Å². The van der Waals surface area contributed by atoms with Gasteiger partial charge < -0.3 is 20.7 Å². The van der Waals surface area contributed by atoms with Crippen LogP contribution in [-0.2, 0) is 6.54 Å². The van der Waals surface area contributed by atoms with Gasteiger partial charge in [-0.1, -0.05) is 58.8 Å². The van der Waals surface area contributed by atoms with Crippen LogP contribution in [0.1, 0.15) is 20.8 Å². The normalized spacial score (nSPS) is 11.2. The minimum Gasteiger partial charge on any atom is -0.497 e. The van der Waals surface area contributed by atoms with Crippen molar-refractivity contribution in [2.24, 2.45) is 5.73 Å². The summed E-state index contributed by atoms with van der Waals surface area (Å²) in [4.78, 5) is 19.8. The molecule has 1 amide bonds. The summed E-state index contributed by atoms with van der Waals surface area (Å²) in [5.41, 5.74) is 8.19. The summed E-state index contributed by atoms with van der Waals surface area (Å²) in [5, 5.41) is 10.7. The van der Waals surface area contributed by atoms with E-state index in [1.54, 1.807) is 18.1 Å². The Hall–Kier alpha value is -3.07.